The quantitative estimate of drug-likeness (QED) is 0.331. The van der Waals surface area contributed by atoms with Crippen LogP contribution < -0.4 is 5.73 Å². The average molecular weight is 158 g/mol. The Hall–Kier alpha value is -0.440. The molecule has 0 heterocycles. The van der Waals surface area contributed by atoms with Gasteiger partial charge in [0.25, 0.3) is 0 Å². The van der Waals surface area contributed by atoms with E-state index in [0.29, 0.717) is 10.8 Å². The molecule has 0 amide bonds. The van der Waals surface area contributed by atoms with Crippen LogP contribution in [-0.2, 0) is 0 Å². The number of rotatable bonds is 0. The van der Waals surface area contributed by atoms with E-state index >= 15 is 0 Å². The Bertz CT molecular complexity index is 165. The number of aliphatic imine (C=N–C) groups is 1. The predicted molar refractivity (Wildman–Crippen MR) is 49.3 cm³/mol. The smallest absolute Gasteiger partial charge is 0.106 e. The van der Waals surface area contributed by atoms with Crippen LogP contribution in [0.15, 0.2) is 4.99 Å². The van der Waals surface area contributed by atoms with Crippen LogP contribution in [0.1, 0.15) is 27.7 Å². The topological polar surface area (TPSA) is 38.4 Å². The summed E-state index contributed by atoms with van der Waals surface area (Å²) in [5.41, 5.74) is 5.54. The van der Waals surface area contributed by atoms with Crippen LogP contribution in [0.5, 0.6) is 0 Å². The maximum atomic E-state index is 5.61. The molecule has 10 heavy (non-hydrogen) atoms. The number of thiocarbonyl (C=S) groups is 1. The molecule has 2 N–H and O–H groups in total. The number of nitrogens with two attached hydrogens (primary N) is 1. The molecule has 0 rings (SSSR count). The molecule has 0 spiro atoms. The van der Waals surface area contributed by atoms with Gasteiger partial charge in [0.05, 0.1) is 0 Å². The molecule has 0 bridgehead atoms. The van der Waals surface area contributed by atoms with Gasteiger partial charge in [0, 0.05) is 5.41 Å². The van der Waals surface area contributed by atoms with Gasteiger partial charge < -0.3 is 5.73 Å². The van der Waals surface area contributed by atoms with Crippen molar-refractivity contribution in [2.75, 3.05) is 0 Å². The third-order valence-corrected chi connectivity index (χ3v) is 1.14. The molecular formula is C7H14N2S. The van der Waals surface area contributed by atoms with Gasteiger partial charge in [0.2, 0.25) is 0 Å². The molecule has 0 aromatic carbocycles. The lowest BCUT2D eigenvalue weighted by Crippen LogP contribution is -2.29. The maximum absolute atomic E-state index is 5.61. The van der Waals surface area contributed by atoms with Crippen molar-refractivity contribution in [2.45, 2.75) is 27.7 Å². The molecule has 2 nitrogen and oxygen atoms in total. The summed E-state index contributed by atoms with van der Waals surface area (Å²) in [7, 11) is 0. The van der Waals surface area contributed by atoms with E-state index in [1.54, 1.807) is 6.92 Å². The summed E-state index contributed by atoms with van der Waals surface area (Å²) in [5, 5.41) is 0. The first-order chi connectivity index (χ1) is 4.34. The fourth-order valence-electron chi connectivity index (χ4n) is 0.337. The van der Waals surface area contributed by atoms with E-state index in [-0.39, 0.29) is 5.41 Å². The van der Waals surface area contributed by atoms with Crippen molar-refractivity contribution in [1.29, 1.82) is 0 Å². The molecule has 0 radical (unpaired) electrons. The molecule has 0 aromatic heterocycles. The molecule has 0 saturated heterocycles. The molecule has 0 aliphatic rings. The first-order valence-corrected chi connectivity index (χ1v) is 3.60. The minimum Gasteiger partial charge on any atom is -0.387 e. The van der Waals surface area contributed by atoms with Crippen LogP contribution in [0.2, 0.25) is 0 Å². The van der Waals surface area contributed by atoms with Crippen LogP contribution in [0, 0.1) is 5.41 Å². The average Bonchev–Trinajstić information content (AvgIpc) is 1.60. The zero-order valence-electron chi connectivity index (χ0n) is 6.93. The van der Waals surface area contributed by atoms with E-state index in [4.69, 9.17) is 18.0 Å². The van der Waals surface area contributed by atoms with Crippen molar-refractivity contribution in [3.63, 3.8) is 0 Å². The standard InChI is InChI=1S/C7H14N2S/c1-5(10)9-6(8)7(2,3)4/h1-4H3,(H2,8,9,10). The Kier molecular flexibility index (Phi) is 2.96. The number of amidine groups is 1. The first-order valence-electron chi connectivity index (χ1n) is 3.19. The van der Waals surface area contributed by atoms with Crippen molar-refractivity contribution in [1.82, 2.24) is 0 Å². The van der Waals surface area contributed by atoms with E-state index < -0.39 is 0 Å². The van der Waals surface area contributed by atoms with Crippen molar-refractivity contribution < 1.29 is 0 Å². The Morgan fingerprint density at radius 1 is 1.40 bits per heavy atom. The molecule has 0 saturated carbocycles. The Morgan fingerprint density at radius 3 is 1.90 bits per heavy atom. The Morgan fingerprint density at radius 2 is 1.80 bits per heavy atom. The van der Waals surface area contributed by atoms with Gasteiger partial charge >= 0.3 is 0 Å². The molecule has 0 fully saturated rings. The number of nitrogens with zero attached hydrogens (tertiary/aromatic N) is 1. The fraction of sp³-hybridized carbons (Fsp3) is 0.714. The van der Waals surface area contributed by atoms with Gasteiger partial charge in [-0.15, -0.1) is 0 Å². The number of hydrogen-bond acceptors (Lipinski definition) is 1. The van der Waals surface area contributed by atoms with E-state index in [0.717, 1.165) is 0 Å². The van der Waals surface area contributed by atoms with Crippen molar-refractivity contribution in [3.05, 3.63) is 0 Å². The number of hydrogen-bond donors (Lipinski definition) is 1. The summed E-state index contributed by atoms with van der Waals surface area (Å²) in [6.45, 7) is 7.77. The van der Waals surface area contributed by atoms with Gasteiger partial charge in [-0.05, 0) is 6.92 Å². The lowest BCUT2D eigenvalue weighted by molar-refractivity contribution is 0.586. The Balaban J connectivity index is 4.35. The van der Waals surface area contributed by atoms with Gasteiger partial charge in [0.15, 0.2) is 0 Å². The second-order valence-corrected chi connectivity index (χ2v) is 3.86. The largest absolute Gasteiger partial charge is 0.387 e. The summed E-state index contributed by atoms with van der Waals surface area (Å²) in [6.07, 6.45) is 0. The van der Waals surface area contributed by atoms with Crippen molar-refractivity contribution >= 4 is 23.0 Å². The van der Waals surface area contributed by atoms with E-state index in [1.165, 1.54) is 0 Å². The molecule has 0 aromatic rings. The van der Waals surface area contributed by atoms with Crippen molar-refractivity contribution in [3.8, 4) is 0 Å². The zero-order valence-corrected chi connectivity index (χ0v) is 7.75. The van der Waals surface area contributed by atoms with E-state index in [1.807, 2.05) is 20.8 Å². The van der Waals surface area contributed by atoms with Gasteiger partial charge in [-0.25, -0.2) is 4.99 Å². The monoisotopic (exact) mass is 158 g/mol. The zero-order chi connectivity index (χ0) is 8.36. The predicted octanol–water partition coefficient (Wildman–Crippen LogP) is 1.74. The molecule has 58 valence electrons. The summed E-state index contributed by atoms with van der Waals surface area (Å²) in [6, 6.07) is 0. The van der Waals surface area contributed by atoms with Gasteiger partial charge in [-0.3, -0.25) is 0 Å². The summed E-state index contributed by atoms with van der Waals surface area (Å²) in [5.74, 6) is 0.597. The highest BCUT2D eigenvalue weighted by Gasteiger charge is 2.14. The molecule has 0 atom stereocenters. The van der Waals surface area contributed by atoms with Crippen LogP contribution >= 0.6 is 12.2 Å². The third kappa shape index (κ3) is 3.56. The van der Waals surface area contributed by atoms with Gasteiger partial charge in [-0.1, -0.05) is 33.0 Å². The summed E-state index contributed by atoms with van der Waals surface area (Å²) in [4.78, 5) is 4.56. The third-order valence-electron chi connectivity index (χ3n) is 1.05. The van der Waals surface area contributed by atoms with Crippen LogP contribution in [0.3, 0.4) is 0 Å². The van der Waals surface area contributed by atoms with Crippen molar-refractivity contribution in [2.24, 2.45) is 16.1 Å². The summed E-state index contributed by atoms with van der Waals surface area (Å²) < 4.78 is 0. The lowest BCUT2D eigenvalue weighted by atomic mass is 9.95. The van der Waals surface area contributed by atoms with Crippen LogP contribution in [-0.4, -0.2) is 10.8 Å². The highest BCUT2D eigenvalue weighted by Crippen LogP contribution is 2.12. The first kappa shape index (κ1) is 9.56. The van der Waals surface area contributed by atoms with Crippen LogP contribution in [0.4, 0.5) is 0 Å². The highest BCUT2D eigenvalue weighted by atomic mass is 32.1. The SMILES string of the molecule is CC(=S)N=C(N)C(C)(C)C. The highest BCUT2D eigenvalue weighted by molar-refractivity contribution is 7.80. The molecule has 0 aliphatic heterocycles. The van der Waals surface area contributed by atoms with Gasteiger partial charge in [-0.2, -0.15) is 0 Å². The van der Waals surface area contributed by atoms with Gasteiger partial charge in [0.1, 0.15) is 10.8 Å². The molecule has 3 heteroatoms. The second-order valence-electron chi connectivity index (χ2n) is 3.27. The van der Waals surface area contributed by atoms with E-state index in [9.17, 15) is 0 Å². The Labute approximate surface area is 67.5 Å². The van der Waals surface area contributed by atoms with E-state index in [2.05, 4.69) is 4.99 Å². The second kappa shape index (κ2) is 3.10. The fourth-order valence-corrected chi connectivity index (χ4v) is 0.436. The maximum Gasteiger partial charge on any atom is 0.106 e. The minimum atomic E-state index is -0.0694. The lowest BCUT2D eigenvalue weighted by Gasteiger charge is -2.16. The molecule has 0 unspecified atom stereocenters. The normalized spacial score (nSPS) is 13.4. The molecule has 0 aliphatic carbocycles. The molecular weight excluding hydrogens is 144 g/mol. The summed E-state index contributed by atoms with van der Waals surface area (Å²) >= 11 is 4.77. The van der Waals surface area contributed by atoms with Crippen LogP contribution in [0.25, 0.3) is 0 Å². The minimum absolute atomic E-state index is 0.0694.